The molecule has 0 radical (unpaired) electrons. The molecule has 76 valence electrons. The van der Waals surface area contributed by atoms with Crippen LogP contribution in [0.25, 0.3) is 0 Å². The Kier molecular flexibility index (Phi) is 2.63. The highest BCUT2D eigenvalue weighted by Gasteiger charge is 2.28. The summed E-state index contributed by atoms with van der Waals surface area (Å²) in [6.45, 7) is 2.15. The van der Waals surface area contributed by atoms with Crippen molar-refractivity contribution in [2.24, 2.45) is 5.92 Å². The van der Waals surface area contributed by atoms with Crippen LogP contribution >= 0.6 is 15.9 Å². The lowest BCUT2D eigenvalue weighted by atomic mass is 9.81. The van der Waals surface area contributed by atoms with E-state index in [1.54, 1.807) is 6.07 Å². The SMILES string of the molecule is CC1CCC1NC(=O)c1coc(Br)c1. The Hall–Kier alpha value is -0.770. The van der Waals surface area contributed by atoms with Crippen molar-refractivity contribution in [3.05, 3.63) is 22.6 Å². The highest BCUT2D eigenvalue weighted by Crippen LogP contribution is 2.26. The maximum absolute atomic E-state index is 11.6. The van der Waals surface area contributed by atoms with E-state index in [2.05, 4.69) is 28.2 Å². The third-order valence-electron chi connectivity index (χ3n) is 2.77. The first-order chi connectivity index (χ1) is 6.66. The van der Waals surface area contributed by atoms with Gasteiger partial charge in [-0.2, -0.15) is 0 Å². The molecule has 0 bridgehead atoms. The van der Waals surface area contributed by atoms with Crippen LogP contribution in [-0.2, 0) is 0 Å². The topological polar surface area (TPSA) is 42.2 Å². The van der Waals surface area contributed by atoms with E-state index in [1.165, 1.54) is 12.7 Å². The fraction of sp³-hybridized carbons (Fsp3) is 0.500. The highest BCUT2D eigenvalue weighted by atomic mass is 79.9. The normalized spacial score (nSPS) is 25.6. The smallest absolute Gasteiger partial charge is 0.254 e. The fourth-order valence-corrected chi connectivity index (χ4v) is 1.90. The van der Waals surface area contributed by atoms with E-state index in [9.17, 15) is 4.79 Å². The first-order valence-corrected chi connectivity index (χ1v) is 5.51. The molecule has 3 nitrogen and oxygen atoms in total. The molecule has 0 saturated heterocycles. The van der Waals surface area contributed by atoms with Gasteiger partial charge in [-0.25, -0.2) is 0 Å². The molecule has 1 amide bonds. The molecule has 2 unspecified atom stereocenters. The monoisotopic (exact) mass is 257 g/mol. The minimum atomic E-state index is -0.0454. The molecule has 2 atom stereocenters. The number of rotatable bonds is 2. The van der Waals surface area contributed by atoms with Gasteiger partial charge in [-0.05, 0) is 34.7 Å². The van der Waals surface area contributed by atoms with Gasteiger partial charge in [0.2, 0.25) is 0 Å². The molecule has 1 aliphatic rings. The number of furan rings is 1. The van der Waals surface area contributed by atoms with Crippen molar-refractivity contribution in [2.45, 2.75) is 25.8 Å². The summed E-state index contributed by atoms with van der Waals surface area (Å²) in [5.41, 5.74) is 0.580. The zero-order valence-corrected chi connectivity index (χ0v) is 9.50. The molecule has 2 rings (SSSR count). The summed E-state index contributed by atoms with van der Waals surface area (Å²) < 4.78 is 5.59. The number of hydrogen-bond acceptors (Lipinski definition) is 2. The van der Waals surface area contributed by atoms with Crippen LogP contribution in [0.5, 0.6) is 0 Å². The average Bonchev–Trinajstić information content (AvgIpc) is 2.58. The van der Waals surface area contributed by atoms with Gasteiger partial charge in [0, 0.05) is 12.1 Å². The van der Waals surface area contributed by atoms with Crippen molar-refractivity contribution >= 4 is 21.8 Å². The molecule has 1 saturated carbocycles. The maximum atomic E-state index is 11.6. The van der Waals surface area contributed by atoms with Crippen molar-refractivity contribution in [1.82, 2.24) is 5.32 Å². The van der Waals surface area contributed by atoms with Crippen molar-refractivity contribution < 1.29 is 9.21 Å². The Labute approximate surface area is 91.0 Å². The van der Waals surface area contributed by atoms with Gasteiger partial charge in [0.15, 0.2) is 4.67 Å². The maximum Gasteiger partial charge on any atom is 0.254 e. The molecular weight excluding hydrogens is 246 g/mol. The van der Waals surface area contributed by atoms with Crippen LogP contribution in [0.2, 0.25) is 0 Å². The fourth-order valence-electron chi connectivity index (χ4n) is 1.56. The Morgan fingerprint density at radius 2 is 2.43 bits per heavy atom. The van der Waals surface area contributed by atoms with Crippen LogP contribution in [0.15, 0.2) is 21.4 Å². The van der Waals surface area contributed by atoms with Gasteiger partial charge in [0.1, 0.15) is 6.26 Å². The lowest BCUT2D eigenvalue weighted by Crippen LogP contribution is -2.45. The van der Waals surface area contributed by atoms with Crippen LogP contribution < -0.4 is 5.32 Å². The van der Waals surface area contributed by atoms with Crippen LogP contribution in [0, 0.1) is 5.92 Å². The summed E-state index contributed by atoms with van der Waals surface area (Å²) in [7, 11) is 0. The Balaban J connectivity index is 1.95. The Morgan fingerprint density at radius 3 is 2.86 bits per heavy atom. The summed E-state index contributed by atoms with van der Waals surface area (Å²) in [6, 6.07) is 2.02. The van der Waals surface area contributed by atoms with Gasteiger partial charge in [0.05, 0.1) is 5.56 Å². The van der Waals surface area contributed by atoms with E-state index in [4.69, 9.17) is 4.42 Å². The number of carbonyl (C=O) groups excluding carboxylic acids is 1. The minimum Gasteiger partial charge on any atom is -0.457 e. The Bertz CT molecular complexity index is 348. The molecule has 4 heteroatoms. The Morgan fingerprint density at radius 1 is 1.64 bits per heavy atom. The number of nitrogens with one attached hydrogen (secondary N) is 1. The molecule has 1 heterocycles. The second-order valence-corrected chi connectivity index (χ2v) is 4.56. The summed E-state index contributed by atoms with van der Waals surface area (Å²) in [6.07, 6.45) is 3.76. The third kappa shape index (κ3) is 1.85. The molecule has 1 N–H and O–H groups in total. The molecule has 0 spiro atoms. The highest BCUT2D eigenvalue weighted by molar-refractivity contribution is 9.10. The van der Waals surface area contributed by atoms with E-state index in [0.717, 1.165) is 6.42 Å². The van der Waals surface area contributed by atoms with Crippen LogP contribution in [-0.4, -0.2) is 11.9 Å². The average molecular weight is 258 g/mol. The van der Waals surface area contributed by atoms with Gasteiger partial charge in [0.25, 0.3) is 5.91 Å². The number of hydrogen-bond donors (Lipinski definition) is 1. The molecule has 1 aliphatic carbocycles. The lowest BCUT2D eigenvalue weighted by molar-refractivity contribution is 0.0884. The van der Waals surface area contributed by atoms with E-state index in [0.29, 0.717) is 22.2 Å². The molecule has 0 aromatic carbocycles. The van der Waals surface area contributed by atoms with Crippen LogP contribution in [0.3, 0.4) is 0 Å². The van der Waals surface area contributed by atoms with Gasteiger partial charge >= 0.3 is 0 Å². The van der Waals surface area contributed by atoms with Crippen molar-refractivity contribution in [3.63, 3.8) is 0 Å². The predicted molar refractivity (Wildman–Crippen MR) is 56.1 cm³/mol. The van der Waals surface area contributed by atoms with Crippen molar-refractivity contribution in [3.8, 4) is 0 Å². The third-order valence-corrected chi connectivity index (χ3v) is 3.18. The second-order valence-electron chi connectivity index (χ2n) is 3.77. The lowest BCUT2D eigenvalue weighted by Gasteiger charge is -2.34. The minimum absolute atomic E-state index is 0.0454. The first-order valence-electron chi connectivity index (χ1n) is 4.71. The number of carbonyl (C=O) groups is 1. The molecule has 14 heavy (non-hydrogen) atoms. The predicted octanol–water partition coefficient (Wildman–Crippen LogP) is 2.57. The molecular formula is C10H12BrNO2. The van der Waals surface area contributed by atoms with E-state index in [1.807, 2.05) is 0 Å². The van der Waals surface area contributed by atoms with Crippen LogP contribution in [0.4, 0.5) is 0 Å². The first kappa shape index (κ1) is 9.77. The summed E-state index contributed by atoms with van der Waals surface area (Å²) in [5, 5.41) is 2.98. The van der Waals surface area contributed by atoms with Gasteiger partial charge in [-0.3, -0.25) is 4.79 Å². The zero-order valence-electron chi connectivity index (χ0n) is 7.92. The van der Waals surface area contributed by atoms with Crippen molar-refractivity contribution in [1.29, 1.82) is 0 Å². The molecule has 1 aromatic rings. The number of amides is 1. The molecule has 1 fully saturated rings. The quantitative estimate of drug-likeness (QED) is 0.885. The number of halogens is 1. The van der Waals surface area contributed by atoms with E-state index < -0.39 is 0 Å². The van der Waals surface area contributed by atoms with Crippen LogP contribution in [0.1, 0.15) is 30.1 Å². The van der Waals surface area contributed by atoms with E-state index >= 15 is 0 Å². The molecule has 0 aliphatic heterocycles. The van der Waals surface area contributed by atoms with Gasteiger partial charge in [-0.15, -0.1) is 0 Å². The molecule has 1 aromatic heterocycles. The van der Waals surface area contributed by atoms with Gasteiger partial charge in [-0.1, -0.05) is 6.92 Å². The summed E-state index contributed by atoms with van der Waals surface area (Å²) in [5.74, 6) is 0.560. The summed E-state index contributed by atoms with van der Waals surface area (Å²) in [4.78, 5) is 11.6. The zero-order chi connectivity index (χ0) is 10.1. The van der Waals surface area contributed by atoms with Crippen molar-refractivity contribution in [2.75, 3.05) is 0 Å². The largest absolute Gasteiger partial charge is 0.457 e. The van der Waals surface area contributed by atoms with E-state index in [-0.39, 0.29) is 5.91 Å². The van der Waals surface area contributed by atoms with Gasteiger partial charge < -0.3 is 9.73 Å². The second kappa shape index (κ2) is 3.77. The standard InChI is InChI=1S/C10H12BrNO2/c1-6-2-3-8(6)12-10(13)7-4-9(11)14-5-7/h4-6,8H,2-3H2,1H3,(H,12,13). The summed E-state index contributed by atoms with van der Waals surface area (Å²) >= 11 is 3.16.